The topological polar surface area (TPSA) is 84.4 Å². The molecule has 8 nitrogen and oxygen atoms in total. The zero-order chi connectivity index (χ0) is 25.7. The maximum absolute atomic E-state index is 13.8. The molecule has 2 aromatic carbocycles. The summed E-state index contributed by atoms with van der Waals surface area (Å²) >= 11 is 7.43. The number of carbonyl (C=O) groups is 3. The Morgan fingerprint density at radius 2 is 1.61 bits per heavy atom. The van der Waals surface area contributed by atoms with Gasteiger partial charge in [0.05, 0.1) is 22.3 Å². The van der Waals surface area contributed by atoms with Crippen LogP contribution in [0.15, 0.2) is 72.1 Å². The number of benzene rings is 2. The largest absolute Gasteiger partial charge is 0.480 e. The molecule has 3 aromatic rings. The first kappa shape index (κ1) is 25.5. The van der Waals surface area contributed by atoms with Crippen LogP contribution in [0.4, 0.5) is 21.0 Å². The molecular formula is C26H27ClN4O4S. The van der Waals surface area contributed by atoms with Crippen molar-refractivity contribution in [2.75, 3.05) is 31.1 Å². The van der Waals surface area contributed by atoms with Gasteiger partial charge in [0.1, 0.15) is 6.04 Å². The first-order chi connectivity index (χ1) is 17.4. The van der Waals surface area contributed by atoms with Gasteiger partial charge >= 0.3 is 18.0 Å². The van der Waals surface area contributed by atoms with Gasteiger partial charge < -0.3 is 19.8 Å². The number of hydrogen-bond donors (Lipinski definition) is 1. The van der Waals surface area contributed by atoms with Gasteiger partial charge in [0, 0.05) is 26.2 Å². The van der Waals surface area contributed by atoms with Crippen molar-refractivity contribution in [3.05, 3.63) is 82.0 Å². The Kier molecular flexibility index (Phi) is 8.12. The van der Waals surface area contributed by atoms with Crippen LogP contribution in [0.25, 0.3) is 0 Å². The molecule has 188 valence electrons. The lowest BCUT2D eigenvalue weighted by Crippen LogP contribution is -2.62. The average Bonchev–Trinajstić information content (AvgIpc) is 3.32. The molecular weight excluding hydrogens is 500 g/mol. The summed E-state index contributed by atoms with van der Waals surface area (Å²) in [5, 5.41) is 11.9. The number of rotatable bonds is 6. The van der Waals surface area contributed by atoms with E-state index in [2.05, 4.69) is 0 Å². The monoisotopic (exact) mass is 526 g/mol. The minimum Gasteiger partial charge on any atom is -0.480 e. The fourth-order valence-corrected chi connectivity index (χ4v) is 5.11. The summed E-state index contributed by atoms with van der Waals surface area (Å²) in [4.78, 5) is 45.4. The molecule has 0 bridgehead atoms. The highest BCUT2D eigenvalue weighted by Crippen LogP contribution is 2.28. The van der Waals surface area contributed by atoms with E-state index in [9.17, 15) is 19.5 Å². The minimum absolute atomic E-state index is 0.0968. The van der Waals surface area contributed by atoms with Gasteiger partial charge in [-0.3, -0.25) is 4.90 Å². The predicted molar refractivity (Wildman–Crippen MR) is 141 cm³/mol. The molecule has 1 aliphatic rings. The second-order valence-electron chi connectivity index (χ2n) is 8.34. The molecule has 1 aromatic heterocycles. The molecule has 4 amide bonds. The van der Waals surface area contributed by atoms with Crippen LogP contribution in [-0.4, -0.2) is 70.1 Å². The van der Waals surface area contributed by atoms with Crippen LogP contribution in [0.2, 0.25) is 4.34 Å². The summed E-state index contributed by atoms with van der Waals surface area (Å²) in [6, 6.07) is 18.1. The Labute approximate surface area is 218 Å². The van der Waals surface area contributed by atoms with Crippen molar-refractivity contribution in [3.8, 4) is 0 Å². The maximum atomic E-state index is 13.8. The number of carboxylic acid groups (broad SMARTS) is 1. The van der Waals surface area contributed by atoms with Crippen molar-refractivity contribution in [1.29, 1.82) is 0 Å². The lowest BCUT2D eigenvalue weighted by molar-refractivity contribution is -0.143. The van der Waals surface area contributed by atoms with Gasteiger partial charge in [0.25, 0.3) is 0 Å². The molecule has 0 spiro atoms. The van der Waals surface area contributed by atoms with Crippen molar-refractivity contribution < 1.29 is 19.5 Å². The molecule has 0 unspecified atom stereocenters. The van der Waals surface area contributed by atoms with E-state index in [4.69, 9.17) is 11.6 Å². The van der Waals surface area contributed by atoms with Crippen molar-refractivity contribution >= 4 is 52.3 Å². The van der Waals surface area contributed by atoms with Crippen LogP contribution in [0, 0.1) is 0 Å². The fraction of sp³-hybridized carbons (Fsp3) is 0.269. The van der Waals surface area contributed by atoms with Crippen LogP contribution in [0.5, 0.6) is 0 Å². The third kappa shape index (κ3) is 5.63. The highest BCUT2D eigenvalue weighted by atomic mass is 35.5. The third-order valence-corrected chi connectivity index (χ3v) is 7.19. The molecule has 1 fully saturated rings. The van der Waals surface area contributed by atoms with Crippen LogP contribution in [0.1, 0.15) is 12.5 Å². The number of nitrogens with zero attached hydrogens (tertiary/aromatic N) is 4. The van der Waals surface area contributed by atoms with E-state index in [0.29, 0.717) is 28.8 Å². The number of piperazine rings is 1. The Hall–Kier alpha value is -3.56. The van der Waals surface area contributed by atoms with Gasteiger partial charge in [-0.2, -0.15) is 0 Å². The molecule has 10 heteroatoms. The van der Waals surface area contributed by atoms with Crippen LogP contribution >= 0.6 is 22.9 Å². The molecule has 0 aliphatic carbocycles. The molecule has 2 heterocycles. The molecule has 0 radical (unpaired) electrons. The number of hydrogen-bond acceptors (Lipinski definition) is 4. The van der Waals surface area contributed by atoms with Crippen molar-refractivity contribution in [3.63, 3.8) is 0 Å². The van der Waals surface area contributed by atoms with Crippen LogP contribution < -0.4 is 4.90 Å². The first-order valence-electron chi connectivity index (χ1n) is 11.6. The molecule has 0 saturated carbocycles. The summed E-state index contributed by atoms with van der Waals surface area (Å²) in [6.07, 6.45) is 0. The standard InChI is InChI=1S/C26H27ClN4O4S/c1-2-28(16-19-15-23(27)36-18-19)25(34)29-13-14-30(22(17-29)24(32)33)26(35)31(20-9-5-3-6-10-20)21-11-7-4-8-12-21/h3-12,15,18,22H,2,13-14,16-17H2,1H3,(H,32,33)/t22-/m0/s1. The Morgan fingerprint density at radius 3 is 2.11 bits per heavy atom. The van der Waals surface area contributed by atoms with Gasteiger partial charge in [-0.1, -0.05) is 48.0 Å². The smallest absolute Gasteiger partial charge is 0.329 e. The molecule has 1 atom stereocenters. The van der Waals surface area contributed by atoms with E-state index in [1.54, 1.807) is 29.2 Å². The molecule has 1 saturated heterocycles. The van der Waals surface area contributed by atoms with Crippen molar-refractivity contribution in [2.24, 2.45) is 0 Å². The number of thiophene rings is 1. The highest BCUT2D eigenvalue weighted by Gasteiger charge is 2.40. The summed E-state index contributed by atoms with van der Waals surface area (Å²) in [5.74, 6) is -1.16. The summed E-state index contributed by atoms with van der Waals surface area (Å²) in [7, 11) is 0. The predicted octanol–water partition coefficient (Wildman–Crippen LogP) is 5.37. The normalized spacial score (nSPS) is 15.4. The SMILES string of the molecule is CCN(Cc1csc(Cl)c1)C(=O)N1CCN(C(=O)N(c2ccccc2)c2ccccc2)[C@H](C(=O)O)C1. The second-order valence-corrected chi connectivity index (χ2v) is 9.88. The number of para-hydroxylation sites is 2. The molecule has 4 rings (SSSR count). The number of amides is 4. The minimum atomic E-state index is -1.18. The summed E-state index contributed by atoms with van der Waals surface area (Å²) in [6.45, 7) is 2.94. The van der Waals surface area contributed by atoms with Gasteiger partial charge in [-0.25, -0.2) is 14.4 Å². The van der Waals surface area contributed by atoms with Crippen LogP contribution in [-0.2, 0) is 11.3 Å². The number of aliphatic carboxylic acids is 1. The van der Waals surface area contributed by atoms with Gasteiger partial charge in [-0.15, -0.1) is 11.3 Å². The van der Waals surface area contributed by atoms with E-state index < -0.39 is 18.0 Å². The fourth-order valence-electron chi connectivity index (χ4n) is 4.21. The van der Waals surface area contributed by atoms with E-state index >= 15 is 0 Å². The lowest BCUT2D eigenvalue weighted by atomic mass is 10.1. The van der Waals surface area contributed by atoms with E-state index in [-0.39, 0.29) is 25.7 Å². The zero-order valence-corrected chi connectivity index (χ0v) is 21.4. The average molecular weight is 527 g/mol. The van der Waals surface area contributed by atoms with Gasteiger partial charge in [-0.05, 0) is 48.2 Å². The van der Waals surface area contributed by atoms with Crippen molar-refractivity contribution in [2.45, 2.75) is 19.5 Å². The molecule has 36 heavy (non-hydrogen) atoms. The maximum Gasteiger partial charge on any atom is 0.329 e. The Bertz CT molecular complexity index is 1170. The van der Waals surface area contributed by atoms with Crippen molar-refractivity contribution in [1.82, 2.24) is 14.7 Å². The van der Waals surface area contributed by atoms with E-state index in [1.165, 1.54) is 26.0 Å². The van der Waals surface area contributed by atoms with Gasteiger partial charge in [0.15, 0.2) is 0 Å². The lowest BCUT2D eigenvalue weighted by Gasteiger charge is -2.42. The van der Waals surface area contributed by atoms with E-state index in [0.717, 1.165) is 5.56 Å². The summed E-state index contributed by atoms with van der Waals surface area (Å²) < 4.78 is 0.646. The number of urea groups is 2. The van der Waals surface area contributed by atoms with Crippen LogP contribution in [0.3, 0.4) is 0 Å². The quantitative estimate of drug-likeness (QED) is 0.468. The molecule has 1 aliphatic heterocycles. The Balaban J connectivity index is 1.55. The number of carbonyl (C=O) groups excluding carboxylic acids is 2. The Morgan fingerprint density at radius 1 is 1.00 bits per heavy atom. The highest BCUT2D eigenvalue weighted by molar-refractivity contribution is 7.14. The third-order valence-electron chi connectivity index (χ3n) is 6.05. The zero-order valence-electron chi connectivity index (χ0n) is 19.8. The second kappa shape index (κ2) is 11.5. The van der Waals surface area contributed by atoms with E-state index in [1.807, 2.05) is 54.8 Å². The van der Waals surface area contributed by atoms with Gasteiger partial charge in [0.2, 0.25) is 0 Å². The first-order valence-corrected chi connectivity index (χ1v) is 12.8. The number of carboxylic acids is 1. The summed E-state index contributed by atoms with van der Waals surface area (Å²) in [5.41, 5.74) is 2.18. The molecule has 1 N–H and O–H groups in total. The number of halogens is 1. The number of anilines is 2.